The zero-order valence-corrected chi connectivity index (χ0v) is 13.9. The van der Waals surface area contributed by atoms with Crippen LogP contribution < -0.4 is 10.1 Å². The monoisotopic (exact) mass is 343 g/mol. The molecule has 0 aliphatic rings. The van der Waals surface area contributed by atoms with Gasteiger partial charge in [-0.25, -0.2) is 9.07 Å². The molecule has 3 rings (SSSR count). The fourth-order valence-corrected chi connectivity index (χ4v) is 2.31. The molecule has 1 amide bonds. The number of amides is 1. The summed E-state index contributed by atoms with van der Waals surface area (Å²) in [7, 11) is 1.83. The van der Waals surface area contributed by atoms with Gasteiger partial charge in [-0.05, 0) is 37.3 Å². The number of carbonyl (C=O) groups is 1. The Morgan fingerprint density at radius 3 is 2.68 bits per heavy atom. The fourth-order valence-electron chi connectivity index (χ4n) is 2.31. The molecule has 0 aliphatic carbocycles. The molecule has 2 aromatic heterocycles. The summed E-state index contributed by atoms with van der Waals surface area (Å²) in [6, 6.07) is 7.31. The molecular formula is C17H18FN5O2. The highest BCUT2D eigenvalue weighted by Gasteiger charge is 2.11. The van der Waals surface area contributed by atoms with Gasteiger partial charge >= 0.3 is 0 Å². The second-order valence-electron chi connectivity index (χ2n) is 5.56. The predicted molar refractivity (Wildman–Crippen MR) is 88.4 cm³/mol. The molecule has 1 aromatic carbocycles. The first-order valence-corrected chi connectivity index (χ1v) is 7.70. The van der Waals surface area contributed by atoms with Crippen LogP contribution in [0.3, 0.4) is 0 Å². The van der Waals surface area contributed by atoms with Crippen LogP contribution in [0.1, 0.15) is 21.7 Å². The van der Waals surface area contributed by atoms with Crippen LogP contribution in [0.2, 0.25) is 0 Å². The molecule has 130 valence electrons. The van der Waals surface area contributed by atoms with Crippen LogP contribution in [0.5, 0.6) is 5.75 Å². The van der Waals surface area contributed by atoms with Gasteiger partial charge in [0.1, 0.15) is 17.3 Å². The molecule has 0 aliphatic heterocycles. The van der Waals surface area contributed by atoms with Crippen LogP contribution in [0, 0.1) is 12.7 Å². The van der Waals surface area contributed by atoms with Crippen LogP contribution in [0.25, 0.3) is 0 Å². The lowest BCUT2D eigenvalue weighted by molar-refractivity contribution is 0.0944. The van der Waals surface area contributed by atoms with E-state index in [1.807, 2.05) is 20.2 Å². The number of nitrogens with one attached hydrogen (secondary N) is 1. The van der Waals surface area contributed by atoms with E-state index in [1.54, 1.807) is 16.9 Å². The Kier molecular flexibility index (Phi) is 4.78. The average Bonchev–Trinajstić information content (AvgIpc) is 3.18. The summed E-state index contributed by atoms with van der Waals surface area (Å²) in [6.45, 7) is 2.40. The summed E-state index contributed by atoms with van der Waals surface area (Å²) >= 11 is 0. The molecule has 0 radical (unpaired) electrons. The first kappa shape index (κ1) is 16.7. The summed E-state index contributed by atoms with van der Waals surface area (Å²) in [4.78, 5) is 12.2. The number of hydrogen-bond donors (Lipinski definition) is 1. The van der Waals surface area contributed by atoms with Crippen LogP contribution in [0.4, 0.5) is 4.39 Å². The molecule has 1 N–H and O–H groups in total. The highest BCUT2D eigenvalue weighted by molar-refractivity contribution is 5.92. The number of ether oxygens (including phenoxy) is 1. The van der Waals surface area contributed by atoms with E-state index in [1.165, 1.54) is 28.9 Å². The summed E-state index contributed by atoms with van der Waals surface area (Å²) in [5, 5.41) is 11.2. The highest BCUT2D eigenvalue weighted by atomic mass is 19.1. The van der Waals surface area contributed by atoms with Gasteiger partial charge in [0.15, 0.2) is 6.73 Å². The number of halogens is 1. The number of carbonyl (C=O) groups excluding carboxylic acids is 1. The molecule has 8 heteroatoms. The van der Waals surface area contributed by atoms with E-state index in [0.29, 0.717) is 18.0 Å². The Morgan fingerprint density at radius 1 is 1.24 bits per heavy atom. The van der Waals surface area contributed by atoms with Crippen molar-refractivity contribution < 1.29 is 13.9 Å². The summed E-state index contributed by atoms with van der Waals surface area (Å²) in [5.41, 5.74) is 2.13. The Balaban J connectivity index is 1.54. The minimum absolute atomic E-state index is 0.126. The molecule has 0 fully saturated rings. The van der Waals surface area contributed by atoms with E-state index in [2.05, 4.69) is 15.5 Å². The average molecular weight is 343 g/mol. The van der Waals surface area contributed by atoms with Gasteiger partial charge in [0, 0.05) is 31.5 Å². The topological polar surface area (TPSA) is 74.0 Å². The lowest BCUT2D eigenvalue weighted by atomic mass is 10.2. The Bertz CT molecular complexity index is 870. The molecule has 0 bridgehead atoms. The molecular weight excluding hydrogens is 325 g/mol. The standard InChI is InChI=1S/C17H18FN5O2/c1-12-13(10-22(2)20-12)9-19-17(24)16-7-8-23(21-16)11-25-15-5-3-14(18)4-6-15/h3-8,10H,9,11H2,1-2H3,(H,19,24). The van der Waals surface area contributed by atoms with Crippen molar-refractivity contribution in [2.24, 2.45) is 7.05 Å². The molecule has 0 saturated carbocycles. The fraction of sp³-hybridized carbons (Fsp3) is 0.235. The van der Waals surface area contributed by atoms with Gasteiger partial charge in [-0.1, -0.05) is 0 Å². The number of aryl methyl sites for hydroxylation is 2. The van der Waals surface area contributed by atoms with Crippen molar-refractivity contribution in [2.45, 2.75) is 20.2 Å². The van der Waals surface area contributed by atoms with E-state index in [4.69, 9.17) is 4.74 Å². The minimum Gasteiger partial charge on any atom is -0.471 e. The molecule has 25 heavy (non-hydrogen) atoms. The minimum atomic E-state index is -0.325. The van der Waals surface area contributed by atoms with Gasteiger partial charge in [-0.2, -0.15) is 10.2 Å². The normalized spacial score (nSPS) is 10.7. The third-order valence-corrected chi connectivity index (χ3v) is 3.60. The van der Waals surface area contributed by atoms with Crippen LogP contribution in [-0.2, 0) is 20.3 Å². The van der Waals surface area contributed by atoms with Crippen LogP contribution in [-0.4, -0.2) is 25.5 Å². The molecule has 2 heterocycles. The van der Waals surface area contributed by atoms with Crippen LogP contribution >= 0.6 is 0 Å². The number of hydrogen-bond acceptors (Lipinski definition) is 4. The van der Waals surface area contributed by atoms with Gasteiger partial charge in [0.25, 0.3) is 5.91 Å². The van der Waals surface area contributed by atoms with E-state index in [9.17, 15) is 9.18 Å². The first-order chi connectivity index (χ1) is 12.0. The van der Waals surface area contributed by atoms with E-state index < -0.39 is 0 Å². The van der Waals surface area contributed by atoms with Gasteiger partial charge < -0.3 is 10.1 Å². The van der Waals surface area contributed by atoms with Crippen LogP contribution in [0.15, 0.2) is 42.7 Å². The highest BCUT2D eigenvalue weighted by Crippen LogP contribution is 2.11. The molecule has 7 nitrogen and oxygen atoms in total. The molecule has 0 unspecified atom stereocenters. The zero-order valence-electron chi connectivity index (χ0n) is 13.9. The quantitative estimate of drug-likeness (QED) is 0.743. The number of aromatic nitrogens is 4. The van der Waals surface area contributed by atoms with Gasteiger partial charge in [0.2, 0.25) is 0 Å². The van der Waals surface area contributed by atoms with Crippen molar-refractivity contribution >= 4 is 5.91 Å². The zero-order chi connectivity index (χ0) is 17.8. The number of benzene rings is 1. The largest absolute Gasteiger partial charge is 0.471 e. The third kappa shape index (κ3) is 4.23. The maximum Gasteiger partial charge on any atom is 0.272 e. The second-order valence-corrected chi connectivity index (χ2v) is 5.56. The first-order valence-electron chi connectivity index (χ1n) is 7.70. The Hall–Kier alpha value is -3.16. The number of nitrogens with zero attached hydrogens (tertiary/aromatic N) is 4. The van der Waals surface area contributed by atoms with E-state index in [0.717, 1.165) is 11.3 Å². The summed E-state index contributed by atoms with van der Waals surface area (Å²) in [6.07, 6.45) is 3.51. The third-order valence-electron chi connectivity index (χ3n) is 3.60. The van der Waals surface area contributed by atoms with Gasteiger partial charge in [0.05, 0.1) is 5.69 Å². The summed E-state index contributed by atoms with van der Waals surface area (Å²) in [5.74, 6) is -0.0759. The van der Waals surface area contributed by atoms with Gasteiger partial charge in [-0.15, -0.1) is 0 Å². The maximum absolute atomic E-state index is 12.8. The van der Waals surface area contributed by atoms with Gasteiger partial charge in [-0.3, -0.25) is 9.48 Å². The van der Waals surface area contributed by atoms with Crippen molar-refractivity contribution in [3.8, 4) is 5.75 Å². The SMILES string of the molecule is Cc1nn(C)cc1CNC(=O)c1ccn(COc2ccc(F)cc2)n1. The molecule has 3 aromatic rings. The second kappa shape index (κ2) is 7.16. The Labute approximate surface area is 144 Å². The van der Waals surface area contributed by atoms with Crippen molar-refractivity contribution in [3.05, 3.63) is 65.5 Å². The smallest absolute Gasteiger partial charge is 0.272 e. The Morgan fingerprint density at radius 2 is 2.00 bits per heavy atom. The van der Waals surface area contributed by atoms with Crippen molar-refractivity contribution in [1.82, 2.24) is 24.9 Å². The van der Waals surface area contributed by atoms with Crippen molar-refractivity contribution in [2.75, 3.05) is 0 Å². The molecule has 0 saturated heterocycles. The number of rotatable bonds is 6. The predicted octanol–water partition coefficient (Wildman–Crippen LogP) is 2.03. The van der Waals surface area contributed by atoms with Crippen molar-refractivity contribution in [1.29, 1.82) is 0 Å². The lowest BCUT2D eigenvalue weighted by Gasteiger charge is -2.06. The maximum atomic E-state index is 12.8. The van der Waals surface area contributed by atoms with E-state index >= 15 is 0 Å². The lowest BCUT2D eigenvalue weighted by Crippen LogP contribution is -2.23. The van der Waals surface area contributed by atoms with E-state index in [-0.39, 0.29) is 18.5 Å². The molecule has 0 spiro atoms. The van der Waals surface area contributed by atoms with Crippen molar-refractivity contribution in [3.63, 3.8) is 0 Å². The summed E-state index contributed by atoms with van der Waals surface area (Å²) < 4.78 is 21.5. The molecule has 0 atom stereocenters.